The topological polar surface area (TPSA) is 29.9 Å². The quantitative estimate of drug-likeness (QED) is 0.896. The molecule has 3 nitrogen and oxygen atoms in total. The molecule has 1 N–H and O–H groups in total. The first-order valence-electron chi connectivity index (χ1n) is 6.43. The van der Waals surface area contributed by atoms with Crippen molar-refractivity contribution in [1.82, 2.24) is 15.1 Å². The fraction of sp³-hybridized carbons (Fsp3) is 0.500. The predicted molar refractivity (Wildman–Crippen MR) is 78.1 cm³/mol. The molecular formula is C14H21N3S. The van der Waals surface area contributed by atoms with E-state index in [2.05, 4.69) is 47.3 Å². The van der Waals surface area contributed by atoms with E-state index in [1.54, 1.807) is 0 Å². The number of hydrogen-bond acceptors (Lipinski definition) is 3. The van der Waals surface area contributed by atoms with Crippen molar-refractivity contribution in [2.45, 2.75) is 40.3 Å². The summed E-state index contributed by atoms with van der Waals surface area (Å²) in [7, 11) is 1.98. The zero-order valence-corrected chi connectivity index (χ0v) is 12.4. The van der Waals surface area contributed by atoms with Crippen LogP contribution in [0.1, 0.15) is 30.3 Å². The molecule has 0 radical (unpaired) electrons. The summed E-state index contributed by atoms with van der Waals surface area (Å²) in [5, 5.41) is 10.1. The average Bonchev–Trinajstić information content (AvgIpc) is 2.87. The molecule has 0 saturated heterocycles. The number of nitrogens with zero attached hydrogens (tertiary/aromatic N) is 2. The highest BCUT2D eigenvalue weighted by atomic mass is 32.1. The summed E-state index contributed by atoms with van der Waals surface area (Å²) in [6, 6.07) is 2.27. The smallest absolute Gasteiger partial charge is 0.0683 e. The van der Waals surface area contributed by atoms with Crippen molar-refractivity contribution < 1.29 is 0 Å². The molecule has 2 heterocycles. The van der Waals surface area contributed by atoms with Gasteiger partial charge >= 0.3 is 0 Å². The Labute approximate surface area is 113 Å². The standard InChI is InChI=1S/C14H21N3S/c1-5-6-17-11(3)14(10(2)16-17)13-7-12(8-15-4)9-18-13/h7,9,15H,5-6,8H2,1-4H3. The van der Waals surface area contributed by atoms with Gasteiger partial charge in [0.1, 0.15) is 0 Å². The van der Waals surface area contributed by atoms with Crippen LogP contribution < -0.4 is 5.32 Å². The van der Waals surface area contributed by atoms with Crippen LogP contribution in [0, 0.1) is 13.8 Å². The van der Waals surface area contributed by atoms with Gasteiger partial charge in [-0.25, -0.2) is 0 Å². The maximum atomic E-state index is 4.64. The summed E-state index contributed by atoms with van der Waals surface area (Å²) >= 11 is 1.81. The number of nitrogens with one attached hydrogen (secondary N) is 1. The summed E-state index contributed by atoms with van der Waals surface area (Å²) in [6.07, 6.45) is 1.12. The average molecular weight is 263 g/mol. The maximum Gasteiger partial charge on any atom is 0.0683 e. The Morgan fingerprint density at radius 1 is 1.39 bits per heavy atom. The van der Waals surface area contributed by atoms with Crippen LogP contribution in [0.4, 0.5) is 0 Å². The van der Waals surface area contributed by atoms with Gasteiger partial charge in [-0.05, 0) is 44.3 Å². The largest absolute Gasteiger partial charge is 0.316 e. The lowest BCUT2D eigenvalue weighted by atomic mass is 10.1. The van der Waals surface area contributed by atoms with Gasteiger partial charge in [-0.1, -0.05) is 6.92 Å². The van der Waals surface area contributed by atoms with E-state index in [9.17, 15) is 0 Å². The Bertz CT molecular complexity index is 525. The second-order valence-electron chi connectivity index (χ2n) is 4.62. The van der Waals surface area contributed by atoms with Gasteiger partial charge in [-0.15, -0.1) is 11.3 Å². The Balaban J connectivity index is 2.36. The van der Waals surface area contributed by atoms with Crippen molar-refractivity contribution in [3.05, 3.63) is 28.4 Å². The van der Waals surface area contributed by atoms with E-state index in [0.717, 1.165) is 25.2 Å². The van der Waals surface area contributed by atoms with E-state index < -0.39 is 0 Å². The highest BCUT2D eigenvalue weighted by Crippen LogP contribution is 2.32. The van der Waals surface area contributed by atoms with E-state index in [1.807, 2.05) is 18.4 Å². The zero-order valence-electron chi connectivity index (χ0n) is 11.6. The number of aryl methyl sites for hydroxylation is 2. The van der Waals surface area contributed by atoms with E-state index in [0.29, 0.717) is 0 Å². The van der Waals surface area contributed by atoms with Crippen molar-refractivity contribution in [3.8, 4) is 10.4 Å². The number of hydrogen-bond donors (Lipinski definition) is 1. The minimum atomic E-state index is 0.928. The summed E-state index contributed by atoms with van der Waals surface area (Å²) in [5.74, 6) is 0. The number of rotatable bonds is 5. The minimum absolute atomic E-state index is 0.928. The minimum Gasteiger partial charge on any atom is -0.316 e. The van der Waals surface area contributed by atoms with Crippen LogP contribution in [0.25, 0.3) is 10.4 Å². The van der Waals surface area contributed by atoms with Gasteiger partial charge in [0.05, 0.1) is 5.69 Å². The zero-order chi connectivity index (χ0) is 13.1. The normalized spacial score (nSPS) is 11.1. The van der Waals surface area contributed by atoms with Crippen molar-refractivity contribution in [3.63, 3.8) is 0 Å². The molecule has 0 unspecified atom stereocenters. The maximum absolute atomic E-state index is 4.64. The molecule has 2 aromatic rings. The summed E-state index contributed by atoms with van der Waals surface area (Å²) in [6.45, 7) is 8.39. The molecule has 0 aromatic carbocycles. The molecule has 0 aliphatic rings. The molecule has 0 bridgehead atoms. The monoisotopic (exact) mass is 263 g/mol. The van der Waals surface area contributed by atoms with Crippen LogP contribution in [0.3, 0.4) is 0 Å². The van der Waals surface area contributed by atoms with Gasteiger partial charge in [0.2, 0.25) is 0 Å². The highest BCUT2D eigenvalue weighted by molar-refractivity contribution is 7.13. The molecular weight excluding hydrogens is 242 g/mol. The Kier molecular flexibility index (Phi) is 4.19. The van der Waals surface area contributed by atoms with Gasteiger partial charge in [0.25, 0.3) is 0 Å². The lowest BCUT2D eigenvalue weighted by Gasteiger charge is -2.02. The Morgan fingerprint density at radius 2 is 2.17 bits per heavy atom. The molecule has 0 saturated carbocycles. The molecule has 0 aliphatic heterocycles. The van der Waals surface area contributed by atoms with E-state index in [4.69, 9.17) is 0 Å². The lowest BCUT2D eigenvalue weighted by Crippen LogP contribution is -2.03. The van der Waals surface area contributed by atoms with Crippen molar-refractivity contribution in [1.29, 1.82) is 0 Å². The summed E-state index contributed by atoms with van der Waals surface area (Å²) < 4.78 is 2.13. The number of thiophene rings is 1. The van der Waals surface area contributed by atoms with Crippen molar-refractivity contribution in [2.24, 2.45) is 0 Å². The highest BCUT2D eigenvalue weighted by Gasteiger charge is 2.14. The molecule has 4 heteroatoms. The third-order valence-electron chi connectivity index (χ3n) is 3.10. The van der Waals surface area contributed by atoms with Crippen LogP contribution in [-0.4, -0.2) is 16.8 Å². The first kappa shape index (κ1) is 13.3. The second kappa shape index (κ2) is 5.67. The Hall–Kier alpha value is -1.13. The molecule has 18 heavy (non-hydrogen) atoms. The van der Waals surface area contributed by atoms with Gasteiger partial charge < -0.3 is 5.32 Å². The van der Waals surface area contributed by atoms with Crippen LogP contribution in [0.15, 0.2) is 11.4 Å². The van der Waals surface area contributed by atoms with Crippen molar-refractivity contribution >= 4 is 11.3 Å². The SMILES string of the molecule is CCCn1nc(C)c(-c2cc(CNC)cs2)c1C. The fourth-order valence-corrected chi connectivity index (χ4v) is 3.35. The van der Waals surface area contributed by atoms with Gasteiger partial charge in [-0.3, -0.25) is 4.68 Å². The molecule has 0 aliphatic carbocycles. The first-order valence-corrected chi connectivity index (χ1v) is 7.31. The molecule has 98 valence electrons. The van der Waals surface area contributed by atoms with Crippen LogP contribution in [0.5, 0.6) is 0 Å². The second-order valence-corrected chi connectivity index (χ2v) is 5.53. The molecule has 0 amide bonds. The van der Waals surface area contributed by atoms with Gasteiger partial charge in [-0.2, -0.15) is 5.10 Å². The summed E-state index contributed by atoms with van der Waals surface area (Å²) in [5.41, 5.74) is 5.08. The van der Waals surface area contributed by atoms with E-state index >= 15 is 0 Å². The van der Waals surface area contributed by atoms with E-state index in [-0.39, 0.29) is 0 Å². The third-order valence-corrected chi connectivity index (χ3v) is 4.09. The number of aromatic nitrogens is 2. The van der Waals surface area contributed by atoms with Crippen LogP contribution in [0.2, 0.25) is 0 Å². The predicted octanol–water partition coefficient (Wildman–Crippen LogP) is 3.36. The lowest BCUT2D eigenvalue weighted by molar-refractivity contribution is 0.583. The van der Waals surface area contributed by atoms with Crippen LogP contribution in [-0.2, 0) is 13.1 Å². The molecule has 0 atom stereocenters. The van der Waals surface area contributed by atoms with Gasteiger partial charge in [0, 0.05) is 29.2 Å². The molecule has 0 fully saturated rings. The summed E-state index contributed by atoms with van der Waals surface area (Å²) in [4.78, 5) is 1.33. The molecule has 0 spiro atoms. The van der Waals surface area contributed by atoms with Gasteiger partial charge in [0.15, 0.2) is 0 Å². The molecule has 2 rings (SSSR count). The third kappa shape index (κ3) is 2.49. The van der Waals surface area contributed by atoms with Crippen LogP contribution >= 0.6 is 11.3 Å². The fourth-order valence-electron chi connectivity index (χ4n) is 2.29. The first-order chi connectivity index (χ1) is 8.67. The molecule has 2 aromatic heterocycles. The van der Waals surface area contributed by atoms with E-state index in [1.165, 1.54) is 21.7 Å². The van der Waals surface area contributed by atoms with Crippen molar-refractivity contribution in [2.75, 3.05) is 7.05 Å². The Morgan fingerprint density at radius 3 is 2.83 bits per heavy atom.